The summed E-state index contributed by atoms with van der Waals surface area (Å²) < 4.78 is 16.2. The molecule has 3 rings (SSSR count). The maximum atomic E-state index is 14.1. The molecule has 2 N–H and O–H groups in total. The van der Waals surface area contributed by atoms with Gasteiger partial charge in [0, 0.05) is 30.0 Å². The molecule has 1 atom stereocenters. The zero-order valence-electron chi connectivity index (χ0n) is 24.4. The highest BCUT2D eigenvalue weighted by Crippen LogP contribution is 2.41. The van der Waals surface area contributed by atoms with Crippen LogP contribution in [0.15, 0.2) is 47.0 Å². The Morgan fingerprint density at radius 3 is 2.17 bits per heavy atom. The molecule has 1 heterocycles. The smallest absolute Gasteiger partial charge is 0.248 e. The molecule has 3 aromatic rings. The average molecular weight is 551 g/mol. The topological polar surface area (TPSA) is 123 Å². The molecule has 2 aromatic carbocycles. The highest BCUT2D eigenvalue weighted by Gasteiger charge is 2.38. The maximum Gasteiger partial charge on any atom is 0.248 e. The number of benzene rings is 2. The second-order valence-corrected chi connectivity index (χ2v) is 10.6. The summed E-state index contributed by atoms with van der Waals surface area (Å²) in [6.07, 6.45) is -0.295. The number of aryl methyl sites for hydroxylation is 3. The van der Waals surface area contributed by atoms with Gasteiger partial charge in [0.2, 0.25) is 17.7 Å². The van der Waals surface area contributed by atoms with Crippen LogP contribution in [0.3, 0.4) is 0 Å². The predicted molar refractivity (Wildman–Crippen MR) is 153 cm³/mol. The van der Waals surface area contributed by atoms with Crippen molar-refractivity contribution < 1.29 is 28.4 Å². The minimum Gasteiger partial charge on any atom is -0.493 e. The molecule has 40 heavy (non-hydrogen) atoms. The van der Waals surface area contributed by atoms with E-state index >= 15 is 0 Å². The normalized spacial score (nSPS) is 11.9. The molecule has 0 saturated heterocycles. The van der Waals surface area contributed by atoms with Crippen molar-refractivity contribution >= 4 is 29.2 Å². The van der Waals surface area contributed by atoms with Gasteiger partial charge >= 0.3 is 0 Å². The van der Waals surface area contributed by atoms with Gasteiger partial charge in [-0.1, -0.05) is 35.5 Å². The number of amides is 3. The molecular weight excluding hydrogens is 512 g/mol. The molecule has 214 valence electrons. The van der Waals surface area contributed by atoms with Gasteiger partial charge in [-0.05, 0) is 58.7 Å². The Morgan fingerprint density at radius 1 is 0.975 bits per heavy atom. The molecule has 3 amide bonds. The molecule has 1 aromatic heterocycles. The Morgan fingerprint density at radius 2 is 1.62 bits per heavy atom. The van der Waals surface area contributed by atoms with Gasteiger partial charge in [-0.3, -0.25) is 19.3 Å². The number of nitrogens with zero attached hydrogens (tertiary/aromatic N) is 2. The van der Waals surface area contributed by atoms with Gasteiger partial charge in [-0.15, -0.1) is 0 Å². The molecule has 0 spiro atoms. The molecule has 0 radical (unpaired) electrons. The minimum atomic E-state index is -1.13. The van der Waals surface area contributed by atoms with Gasteiger partial charge in [0.1, 0.15) is 11.8 Å². The van der Waals surface area contributed by atoms with E-state index < -0.39 is 29.3 Å². The Bertz CT molecular complexity index is 1350. The van der Waals surface area contributed by atoms with Crippen LogP contribution in [-0.4, -0.2) is 42.6 Å². The van der Waals surface area contributed by atoms with E-state index in [9.17, 15) is 14.4 Å². The highest BCUT2D eigenvalue weighted by atomic mass is 16.5. The van der Waals surface area contributed by atoms with Crippen LogP contribution in [0.4, 0.5) is 11.5 Å². The largest absolute Gasteiger partial charge is 0.493 e. The van der Waals surface area contributed by atoms with Gasteiger partial charge in [0.15, 0.2) is 17.3 Å². The van der Waals surface area contributed by atoms with Crippen LogP contribution in [0.2, 0.25) is 0 Å². The minimum absolute atomic E-state index is 0.130. The lowest BCUT2D eigenvalue weighted by Gasteiger charge is -2.36. The Labute approximate surface area is 235 Å². The summed E-state index contributed by atoms with van der Waals surface area (Å²) in [6.45, 7) is 11.1. The molecule has 0 aliphatic rings. The van der Waals surface area contributed by atoms with E-state index in [0.717, 1.165) is 11.1 Å². The van der Waals surface area contributed by atoms with E-state index in [-0.39, 0.29) is 18.7 Å². The van der Waals surface area contributed by atoms with Crippen molar-refractivity contribution in [3.8, 4) is 11.5 Å². The molecule has 0 bridgehead atoms. The first-order valence-electron chi connectivity index (χ1n) is 13.0. The van der Waals surface area contributed by atoms with Crippen LogP contribution in [0.5, 0.6) is 11.5 Å². The van der Waals surface area contributed by atoms with E-state index in [0.29, 0.717) is 28.5 Å². The Kier molecular flexibility index (Phi) is 9.57. The van der Waals surface area contributed by atoms with Crippen LogP contribution in [-0.2, 0) is 14.4 Å². The molecule has 10 nitrogen and oxygen atoms in total. The molecule has 0 saturated carbocycles. The Balaban J connectivity index is 2.12. The van der Waals surface area contributed by atoms with Crippen molar-refractivity contribution in [3.63, 3.8) is 0 Å². The number of nitrogens with one attached hydrogen (secondary N) is 2. The van der Waals surface area contributed by atoms with Crippen molar-refractivity contribution in [2.75, 3.05) is 24.4 Å². The summed E-state index contributed by atoms with van der Waals surface area (Å²) in [5.74, 6) is 0.350. The summed E-state index contributed by atoms with van der Waals surface area (Å²) in [5.41, 5.74) is 2.03. The van der Waals surface area contributed by atoms with E-state index in [1.54, 1.807) is 31.2 Å². The van der Waals surface area contributed by atoms with Gasteiger partial charge in [0.05, 0.1) is 19.9 Å². The third-order valence-electron chi connectivity index (χ3n) is 6.14. The predicted octanol–water partition coefficient (Wildman–Crippen LogP) is 5.02. The first-order chi connectivity index (χ1) is 18.9. The quantitative estimate of drug-likeness (QED) is 0.363. The van der Waals surface area contributed by atoms with Gasteiger partial charge in [-0.2, -0.15) is 0 Å². The molecular formula is C30H38N4O6. The molecule has 0 fully saturated rings. The number of anilines is 2. The van der Waals surface area contributed by atoms with Crippen LogP contribution in [0.1, 0.15) is 62.1 Å². The van der Waals surface area contributed by atoms with Gasteiger partial charge in [-0.25, -0.2) is 0 Å². The zero-order chi connectivity index (χ0) is 29.6. The fraction of sp³-hybridized carbons (Fsp3) is 0.400. The van der Waals surface area contributed by atoms with Crippen molar-refractivity contribution in [1.82, 2.24) is 10.5 Å². The van der Waals surface area contributed by atoms with Gasteiger partial charge < -0.3 is 24.6 Å². The zero-order valence-corrected chi connectivity index (χ0v) is 24.4. The van der Waals surface area contributed by atoms with Crippen LogP contribution < -0.4 is 25.0 Å². The number of carbonyl (C=O) groups is 3. The van der Waals surface area contributed by atoms with Crippen LogP contribution in [0, 0.1) is 20.8 Å². The number of ether oxygens (including phenoxy) is 2. The van der Waals surface area contributed by atoms with Crippen molar-refractivity contribution in [2.24, 2.45) is 0 Å². The lowest BCUT2D eigenvalue weighted by molar-refractivity contribution is -0.128. The lowest BCUT2D eigenvalue weighted by atomic mass is 9.97. The van der Waals surface area contributed by atoms with E-state index in [1.165, 1.54) is 19.1 Å². The number of para-hydroxylation sites is 2. The summed E-state index contributed by atoms with van der Waals surface area (Å²) in [6, 6.07) is 11.3. The van der Waals surface area contributed by atoms with Crippen molar-refractivity contribution in [2.45, 2.75) is 66.0 Å². The monoisotopic (exact) mass is 550 g/mol. The van der Waals surface area contributed by atoms with Crippen molar-refractivity contribution in [1.29, 1.82) is 0 Å². The SMILES string of the molecule is COc1cccc(C(C(=O)NC(C)(C)C)N(C(=O)CCC(=O)Nc2cc(C)on2)c2c(C)cccc2C)c1OC. The first kappa shape index (κ1) is 30.2. The molecule has 0 aliphatic carbocycles. The van der Waals surface area contributed by atoms with Crippen molar-refractivity contribution in [3.05, 3.63) is 64.9 Å². The van der Waals surface area contributed by atoms with Crippen LogP contribution in [0.25, 0.3) is 0 Å². The Hall–Kier alpha value is -4.34. The number of hydrogen-bond acceptors (Lipinski definition) is 7. The van der Waals surface area contributed by atoms with Gasteiger partial charge in [0.25, 0.3) is 0 Å². The number of rotatable bonds is 10. The second-order valence-electron chi connectivity index (χ2n) is 10.6. The molecule has 10 heteroatoms. The molecule has 1 unspecified atom stereocenters. The van der Waals surface area contributed by atoms with E-state index in [4.69, 9.17) is 14.0 Å². The third-order valence-corrected chi connectivity index (χ3v) is 6.14. The fourth-order valence-electron chi connectivity index (χ4n) is 4.52. The standard InChI is InChI=1S/C30H38N4O6/c1-18-11-9-12-19(2)26(18)34(25(36)16-15-24(35)31-23-17-20(3)40-33-23)27(29(37)32-30(4,5)6)21-13-10-14-22(38-7)28(21)39-8/h9-14,17,27H,15-16H2,1-8H3,(H,32,37)(H,31,33,35). The maximum absolute atomic E-state index is 14.1. The lowest BCUT2D eigenvalue weighted by Crippen LogP contribution is -2.50. The highest BCUT2D eigenvalue weighted by molar-refractivity contribution is 6.04. The summed E-state index contributed by atoms with van der Waals surface area (Å²) in [7, 11) is 3.00. The first-order valence-corrected chi connectivity index (χ1v) is 13.0. The number of aromatic nitrogens is 1. The fourth-order valence-corrected chi connectivity index (χ4v) is 4.52. The summed E-state index contributed by atoms with van der Waals surface area (Å²) in [4.78, 5) is 42.3. The average Bonchev–Trinajstić information content (AvgIpc) is 3.29. The third kappa shape index (κ3) is 7.19. The summed E-state index contributed by atoms with van der Waals surface area (Å²) >= 11 is 0. The van der Waals surface area contributed by atoms with E-state index in [2.05, 4.69) is 15.8 Å². The summed E-state index contributed by atoms with van der Waals surface area (Å²) in [5, 5.41) is 9.43. The van der Waals surface area contributed by atoms with E-state index in [1.807, 2.05) is 52.8 Å². The van der Waals surface area contributed by atoms with Crippen LogP contribution >= 0.6 is 0 Å². The number of carbonyl (C=O) groups excluding carboxylic acids is 3. The number of hydrogen-bond donors (Lipinski definition) is 2. The second kappa shape index (κ2) is 12.7. The molecule has 0 aliphatic heterocycles. The number of methoxy groups -OCH3 is 2.